The number of nitrogens with one attached hydrogen (secondary N) is 1. The fraction of sp³-hybridized carbons (Fsp3) is 0.705. The lowest BCUT2D eigenvalue weighted by Gasteiger charge is -2.46. The summed E-state index contributed by atoms with van der Waals surface area (Å²) < 4.78 is 49.5. The number of imidazole rings is 1. The van der Waals surface area contributed by atoms with Gasteiger partial charge in [-0.25, -0.2) is 19.0 Å². The maximum absolute atomic E-state index is 16.9. The third-order valence-corrected chi connectivity index (χ3v) is 12.8. The summed E-state index contributed by atoms with van der Waals surface area (Å²) in [4.78, 5) is 62.8. The second-order valence-electron chi connectivity index (χ2n) is 17.2. The van der Waals surface area contributed by atoms with E-state index in [0.717, 1.165) is 18.3 Å². The molecule has 0 spiro atoms. The van der Waals surface area contributed by atoms with Crippen molar-refractivity contribution in [3.8, 4) is 11.4 Å². The molecule has 15 heteroatoms. The number of alkyl halides is 1. The summed E-state index contributed by atoms with van der Waals surface area (Å²) in [7, 11) is 1.41. The number of cyclic esters (lactones) is 1. The maximum atomic E-state index is 16.9. The molecule has 328 valence electrons. The van der Waals surface area contributed by atoms with Crippen LogP contribution in [0.2, 0.25) is 0 Å². The highest BCUT2D eigenvalue weighted by atomic mass is 19.1. The lowest BCUT2D eigenvalue weighted by molar-refractivity contribution is -0.290. The van der Waals surface area contributed by atoms with Gasteiger partial charge in [-0.05, 0) is 66.3 Å². The van der Waals surface area contributed by atoms with Crippen molar-refractivity contribution in [3.63, 3.8) is 0 Å². The molecule has 1 amide bonds. The fourth-order valence-electron chi connectivity index (χ4n) is 9.59. The number of unbranched alkanes of at least 4 members (excludes halogenated alkanes) is 1. The van der Waals surface area contributed by atoms with Gasteiger partial charge >= 0.3 is 12.1 Å². The molecule has 2 N–H and O–H groups in total. The average Bonchev–Trinajstić information content (AvgIpc) is 3.78. The number of hydrogen-bond donors (Lipinski definition) is 2. The van der Waals surface area contributed by atoms with Crippen molar-refractivity contribution in [2.45, 2.75) is 161 Å². The summed E-state index contributed by atoms with van der Waals surface area (Å²) in [5.74, 6) is -4.94. The van der Waals surface area contributed by atoms with Gasteiger partial charge in [0.25, 0.3) is 5.67 Å². The summed E-state index contributed by atoms with van der Waals surface area (Å²) in [5.41, 5.74) is -5.23. The number of aromatic nitrogens is 2. The molecule has 1 unspecified atom stereocenters. The minimum atomic E-state index is -3.17. The minimum Gasteiger partial charge on any atom is -0.455 e. The van der Waals surface area contributed by atoms with Crippen LogP contribution in [0.5, 0.6) is 0 Å². The van der Waals surface area contributed by atoms with Crippen LogP contribution in [0, 0.1) is 17.8 Å². The Kier molecular flexibility index (Phi) is 14.8. The van der Waals surface area contributed by atoms with Gasteiger partial charge in [-0.3, -0.25) is 9.59 Å². The number of hydrogen-bond acceptors (Lipinski definition) is 12. The first-order chi connectivity index (χ1) is 27.8. The quantitative estimate of drug-likeness (QED) is 0.153. The Morgan fingerprint density at radius 1 is 1.00 bits per heavy atom. The van der Waals surface area contributed by atoms with Crippen LogP contribution in [-0.2, 0) is 44.6 Å². The fourth-order valence-corrected chi connectivity index (χ4v) is 9.59. The number of aliphatic hydroxyl groups excluding tert-OH is 1. The van der Waals surface area contributed by atoms with Gasteiger partial charge in [-0.15, -0.1) is 0 Å². The molecule has 0 radical (unpaired) electrons. The Morgan fingerprint density at radius 2 is 1.68 bits per heavy atom. The molecular formula is C44H65FN4O10. The number of rotatable bonds is 12. The van der Waals surface area contributed by atoms with Crippen LogP contribution in [0.4, 0.5) is 9.18 Å². The second kappa shape index (κ2) is 18.9. The number of ketones is 2. The van der Waals surface area contributed by atoms with E-state index in [0.29, 0.717) is 32.4 Å². The highest BCUT2D eigenvalue weighted by Gasteiger charge is 2.61. The molecule has 0 aliphatic carbocycles. The van der Waals surface area contributed by atoms with Crippen LogP contribution >= 0.6 is 0 Å². The summed E-state index contributed by atoms with van der Waals surface area (Å²) in [6.45, 7) is 15.9. The van der Waals surface area contributed by atoms with E-state index in [-0.39, 0.29) is 31.3 Å². The van der Waals surface area contributed by atoms with Gasteiger partial charge in [0.1, 0.15) is 23.8 Å². The number of aliphatic hydroxyl groups is 1. The third-order valence-electron chi connectivity index (χ3n) is 12.8. The summed E-state index contributed by atoms with van der Waals surface area (Å²) in [5, 5.41) is 14.6. The van der Waals surface area contributed by atoms with E-state index >= 15 is 4.39 Å². The van der Waals surface area contributed by atoms with Crippen molar-refractivity contribution in [1.29, 1.82) is 0 Å². The average molecular weight is 829 g/mol. The Morgan fingerprint density at radius 3 is 2.32 bits per heavy atom. The maximum Gasteiger partial charge on any atom is 0.410 e. The summed E-state index contributed by atoms with van der Waals surface area (Å²) in [6.07, 6.45) is -0.521. The molecular weight excluding hydrogens is 763 g/mol. The minimum absolute atomic E-state index is 0.00150. The molecule has 5 rings (SSSR count). The van der Waals surface area contributed by atoms with Crippen LogP contribution in [0.1, 0.15) is 94.4 Å². The van der Waals surface area contributed by atoms with Gasteiger partial charge in [0.15, 0.2) is 17.7 Å². The van der Waals surface area contributed by atoms with Crippen LogP contribution in [-0.4, -0.2) is 123 Å². The topological polar surface area (TPSA) is 168 Å². The zero-order valence-electron chi connectivity index (χ0n) is 36.3. The number of esters is 1. The van der Waals surface area contributed by atoms with Gasteiger partial charge in [0, 0.05) is 62.0 Å². The first-order valence-corrected chi connectivity index (χ1v) is 21.2. The Hall–Kier alpha value is -3.76. The van der Waals surface area contributed by atoms with E-state index in [1.807, 2.05) is 54.9 Å². The number of nitrogens with zero attached hydrogens (tertiary/aromatic N) is 3. The summed E-state index contributed by atoms with van der Waals surface area (Å²) >= 11 is 0. The van der Waals surface area contributed by atoms with E-state index in [1.54, 1.807) is 40.8 Å². The lowest BCUT2D eigenvalue weighted by atomic mass is 9.73. The molecule has 59 heavy (non-hydrogen) atoms. The normalized spacial score (nSPS) is 37.5. The zero-order chi connectivity index (χ0) is 43.4. The number of aryl methyl sites for hydroxylation is 1. The molecule has 0 bridgehead atoms. The van der Waals surface area contributed by atoms with E-state index < -0.39 is 89.2 Å². The first kappa shape index (κ1) is 46.3. The van der Waals surface area contributed by atoms with Gasteiger partial charge in [0.2, 0.25) is 0 Å². The number of halogens is 1. The predicted octanol–water partition coefficient (Wildman–Crippen LogP) is 5.67. The van der Waals surface area contributed by atoms with E-state index in [4.69, 9.17) is 23.7 Å². The van der Waals surface area contributed by atoms with Gasteiger partial charge in [0.05, 0.1) is 23.9 Å². The number of carbonyl (C=O) groups excluding carboxylic acids is 4. The third kappa shape index (κ3) is 9.44. The smallest absolute Gasteiger partial charge is 0.410 e. The molecule has 1 aromatic carbocycles. The van der Waals surface area contributed by atoms with Crippen molar-refractivity contribution in [2.75, 3.05) is 20.2 Å². The number of ether oxygens (including phenoxy) is 5. The number of amides is 1. The lowest BCUT2D eigenvalue weighted by Crippen LogP contribution is -2.62. The van der Waals surface area contributed by atoms with E-state index in [9.17, 15) is 24.3 Å². The predicted molar refractivity (Wildman–Crippen MR) is 217 cm³/mol. The molecule has 2 aromatic rings. The molecule has 14 nitrogen and oxygen atoms in total. The first-order valence-electron chi connectivity index (χ1n) is 21.2. The van der Waals surface area contributed by atoms with Crippen molar-refractivity contribution >= 4 is 23.6 Å². The Bertz CT molecular complexity index is 1780. The van der Waals surface area contributed by atoms with Crippen LogP contribution in [0.15, 0.2) is 42.7 Å². The van der Waals surface area contributed by atoms with Gasteiger partial charge in [-0.1, -0.05) is 65.0 Å². The standard InChI is InChI=1S/C44H65FN4O10/c1-11-32-44(9)35(49(41(54)59-44)22-17-16-21-48-23-20-47-38(48)30-18-14-13-15-19-30)28(5)33(50)26(3)25-42(7,55-10)37(29(6)36(52)43(8,45)40(53)57-32)58-39-34(51)31(46-12-2)24-27(4)56-39/h13-15,18-20,23,26-29,31-32,34-35,37,39,46,51H,11-12,16-17,21-22,24-25H2,1-10H3/t26-,27-,28+,29+,31+,32-,34+,35?,37-,39+,42-,43+,44-/m1/s1. The van der Waals surface area contributed by atoms with Crippen molar-refractivity contribution in [3.05, 3.63) is 42.7 Å². The highest BCUT2D eigenvalue weighted by molar-refractivity contribution is 6.08. The number of fused-ring (bicyclic) bond motifs is 1. The number of carbonyl (C=O) groups is 4. The van der Waals surface area contributed by atoms with Crippen LogP contribution in [0.3, 0.4) is 0 Å². The largest absolute Gasteiger partial charge is 0.455 e. The Balaban J connectivity index is 1.47. The summed E-state index contributed by atoms with van der Waals surface area (Å²) in [6, 6.07) is 8.51. The second-order valence-corrected chi connectivity index (χ2v) is 17.2. The molecule has 4 heterocycles. The highest BCUT2D eigenvalue weighted by Crippen LogP contribution is 2.43. The van der Waals surface area contributed by atoms with Crippen molar-refractivity contribution < 1.29 is 52.4 Å². The molecule has 3 saturated heterocycles. The number of likely N-dealkylation sites (N-methyl/N-ethyl adjacent to an activating group) is 1. The van der Waals surface area contributed by atoms with E-state index in [2.05, 4.69) is 10.3 Å². The molecule has 1 aromatic heterocycles. The Labute approximate surface area is 347 Å². The SMILES string of the molecule is CCN[C@H]1C[C@@H](C)O[C@@H](O[C@@H]2[C@@H](C)C(=O)[C@](C)(F)C(=O)O[C@H](CC)[C@@]3(C)OC(=O)N(CCCCn4ccnc4-c4ccccc4)C3[C@@H](C)C(=O)[C@H](C)C[C@@]2(C)OC)[C@H]1O. The zero-order valence-corrected chi connectivity index (χ0v) is 36.3. The molecule has 3 aliphatic rings. The van der Waals surface area contributed by atoms with Crippen LogP contribution < -0.4 is 5.32 Å². The molecule has 3 aliphatic heterocycles. The molecule has 13 atom stereocenters. The van der Waals surface area contributed by atoms with Gasteiger partial charge < -0.3 is 43.6 Å². The molecule has 3 fully saturated rings. The van der Waals surface area contributed by atoms with Crippen molar-refractivity contribution in [1.82, 2.24) is 19.8 Å². The van der Waals surface area contributed by atoms with E-state index in [1.165, 1.54) is 18.9 Å². The number of methoxy groups -OCH3 is 1. The monoisotopic (exact) mass is 828 g/mol. The van der Waals surface area contributed by atoms with Gasteiger partial charge in [-0.2, -0.15) is 0 Å². The van der Waals surface area contributed by atoms with Crippen molar-refractivity contribution in [2.24, 2.45) is 17.8 Å². The number of benzene rings is 1. The van der Waals surface area contributed by atoms with Crippen LogP contribution in [0.25, 0.3) is 11.4 Å². The number of Topliss-reactive ketones (excluding diaryl/α,β-unsaturated/α-hetero) is 2. The molecule has 0 saturated carbocycles.